The van der Waals surface area contributed by atoms with Crippen molar-refractivity contribution in [1.82, 2.24) is 0 Å². The van der Waals surface area contributed by atoms with Gasteiger partial charge in [-0.15, -0.1) is 0 Å². The maximum Gasteiger partial charge on any atom is 0.216 e. The van der Waals surface area contributed by atoms with E-state index in [-0.39, 0.29) is 5.78 Å². The van der Waals surface area contributed by atoms with Crippen molar-refractivity contribution in [1.29, 1.82) is 0 Å². The summed E-state index contributed by atoms with van der Waals surface area (Å²) >= 11 is 0. The molecule has 1 heterocycles. The number of quaternary nitrogens is 1. The van der Waals surface area contributed by atoms with E-state index in [0.29, 0.717) is 6.54 Å². The molecule has 0 aliphatic carbocycles. The molecule has 0 spiro atoms. The molecule has 1 atom stereocenters. The number of ketones is 1. The number of benzene rings is 2. The zero-order chi connectivity index (χ0) is 15.4. The maximum atomic E-state index is 12.4. The minimum atomic E-state index is 0.236. The van der Waals surface area contributed by atoms with Gasteiger partial charge in [-0.25, -0.2) is 0 Å². The summed E-state index contributed by atoms with van der Waals surface area (Å²) in [7, 11) is 2.18. The third-order valence-electron chi connectivity index (χ3n) is 4.47. The van der Waals surface area contributed by atoms with E-state index in [0.717, 1.165) is 29.6 Å². The molecule has 2 aromatic carbocycles. The van der Waals surface area contributed by atoms with Gasteiger partial charge < -0.3 is 4.48 Å². The summed E-state index contributed by atoms with van der Waals surface area (Å²) in [6.45, 7) is 2.50. The Labute approximate surface area is 132 Å². The third-order valence-corrected chi connectivity index (χ3v) is 4.47. The fraction of sp³-hybridized carbons (Fsp3) is 0.250. The van der Waals surface area contributed by atoms with E-state index in [1.165, 1.54) is 11.1 Å². The Hall–Kier alpha value is -2.19. The predicted molar refractivity (Wildman–Crippen MR) is 90.6 cm³/mol. The number of Topliss-reactive ketones (excluding diaryl/α,β-unsaturated/α-hetero) is 1. The minimum absolute atomic E-state index is 0.236. The Balaban J connectivity index is 1.69. The highest BCUT2D eigenvalue weighted by atomic mass is 16.1. The maximum absolute atomic E-state index is 12.4. The molecular formula is C20H22NO+. The lowest BCUT2D eigenvalue weighted by atomic mass is 9.98. The third kappa shape index (κ3) is 3.34. The molecule has 1 aliphatic heterocycles. The van der Waals surface area contributed by atoms with Crippen LogP contribution in [0.25, 0.3) is 5.57 Å². The molecule has 0 bridgehead atoms. The molecule has 0 N–H and O–H groups in total. The van der Waals surface area contributed by atoms with Crippen LogP contribution in [0, 0.1) is 0 Å². The smallest absolute Gasteiger partial charge is 0.216 e. The summed E-state index contributed by atoms with van der Waals surface area (Å²) < 4.78 is 0.796. The highest BCUT2D eigenvalue weighted by Crippen LogP contribution is 2.25. The number of nitrogens with zero attached hydrogens (tertiary/aromatic N) is 1. The van der Waals surface area contributed by atoms with Gasteiger partial charge in [0.15, 0.2) is 0 Å². The molecule has 2 heteroatoms. The molecule has 0 radical (unpaired) electrons. The molecule has 0 amide bonds. The highest BCUT2D eigenvalue weighted by Gasteiger charge is 2.28. The number of rotatable bonds is 4. The van der Waals surface area contributed by atoms with Crippen molar-refractivity contribution in [2.24, 2.45) is 0 Å². The van der Waals surface area contributed by atoms with Crippen molar-refractivity contribution < 1.29 is 9.28 Å². The van der Waals surface area contributed by atoms with Crippen molar-refractivity contribution in [2.45, 2.75) is 6.42 Å². The number of hydrogen-bond acceptors (Lipinski definition) is 1. The van der Waals surface area contributed by atoms with Gasteiger partial charge in [0.2, 0.25) is 5.78 Å². The molecule has 3 rings (SSSR count). The zero-order valence-electron chi connectivity index (χ0n) is 13.0. The normalized spacial score (nSPS) is 21.2. The van der Waals surface area contributed by atoms with E-state index in [9.17, 15) is 4.79 Å². The van der Waals surface area contributed by atoms with Gasteiger partial charge in [0.05, 0.1) is 20.1 Å². The second-order valence-electron chi connectivity index (χ2n) is 6.32. The van der Waals surface area contributed by atoms with Crippen LogP contribution in [0.5, 0.6) is 0 Å². The second kappa shape index (κ2) is 6.29. The molecule has 22 heavy (non-hydrogen) atoms. The van der Waals surface area contributed by atoms with Crippen molar-refractivity contribution >= 4 is 11.4 Å². The first-order valence-electron chi connectivity index (χ1n) is 7.83. The van der Waals surface area contributed by atoms with E-state index >= 15 is 0 Å². The molecule has 0 saturated carbocycles. The van der Waals surface area contributed by atoms with Crippen LogP contribution in [0.4, 0.5) is 0 Å². The molecule has 0 fully saturated rings. The lowest BCUT2D eigenvalue weighted by molar-refractivity contribution is -0.896. The Morgan fingerprint density at radius 3 is 2.23 bits per heavy atom. The summed E-state index contributed by atoms with van der Waals surface area (Å²) in [5, 5.41) is 0. The standard InChI is InChI=1S/C20H22NO/c1-21(16-20(22)19-10-6-3-7-11-19)14-12-18(13-15-21)17-8-4-2-5-9-17/h2-12H,13-16H2,1H3/q+1. The van der Waals surface area contributed by atoms with Crippen LogP contribution in [-0.4, -0.2) is 36.9 Å². The Morgan fingerprint density at radius 1 is 1.00 bits per heavy atom. The summed E-state index contributed by atoms with van der Waals surface area (Å²) in [6, 6.07) is 20.2. The van der Waals surface area contributed by atoms with Gasteiger partial charge in [-0.2, -0.15) is 0 Å². The highest BCUT2D eigenvalue weighted by molar-refractivity contribution is 5.96. The van der Waals surface area contributed by atoms with Gasteiger partial charge >= 0.3 is 0 Å². The minimum Gasteiger partial charge on any atom is -0.316 e. The van der Waals surface area contributed by atoms with E-state index in [4.69, 9.17) is 0 Å². The molecule has 1 unspecified atom stereocenters. The first kappa shape index (κ1) is 14.7. The molecule has 2 nitrogen and oxygen atoms in total. The second-order valence-corrected chi connectivity index (χ2v) is 6.32. The fourth-order valence-corrected chi connectivity index (χ4v) is 3.03. The summed E-state index contributed by atoms with van der Waals surface area (Å²) in [4.78, 5) is 12.4. The average Bonchev–Trinajstić information content (AvgIpc) is 2.57. The molecule has 112 valence electrons. The Kier molecular flexibility index (Phi) is 4.21. The number of carbonyl (C=O) groups excluding carboxylic acids is 1. The van der Waals surface area contributed by atoms with Crippen molar-refractivity contribution in [3.63, 3.8) is 0 Å². The quantitative estimate of drug-likeness (QED) is 0.619. The lowest BCUT2D eigenvalue weighted by Crippen LogP contribution is -2.50. The first-order valence-corrected chi connectivity index (χ1v) is 7.83. The van der Waals surface area contributed by atoms with E-state index < -0.39 is 0 Å². The van der Waals surface area contributed by atoms with Gasteiger partial charge in [0, 0.05) is 12.0 Å². The summed E-state index contributed by atoms with van der Waals surface area (Å²) in [5.74, 6) is 0.236. The van der Waals surface area contributed by atoms with E-state index in [2.05, 4.69) is 37.4 Å². The topological polar surface area (TPSA) is 17.1 Å². The number of carbonyl (C=O) groups is 1. The Morgan fingerprint density at radius 2 is 1.64 bits per heavy atom. The van der Waals surface area contributed by atoms with Crippen LogP contribution in [0.15, 0.2) is 66.7 Å². The van der Waals surface area contributed by atoms with E-state index in [1.54, 1.807) is 0 Å². The van der Waals surface area contributed by atoms with Crippen LogP contribution in [0.1, 0.15) is 22.3 Å². The van der Waals surface area contributed by atoms with Crippen molar-refractivity contribution in [3.8, 4) is 0 Å². The molecule has 2 aromatic rings. The zero-order valence-corrected chi connectivity index (χ0v) is 13.0. The molecule has 0 aromatic heterocycles. The SMILES string of the molecule is C[N+]1(CC(=O)c2ccccc2)CC=C(c2ccccc2)CC1. The lowest BCUT2D eigenvalue weighted by Gasteiger charge is -2.36. The average molecular weight is 292 g/mol. The monoisotopic (exact) mass is 292 g/mol. The van der Waals surface area contributed by atoms with Crippen LogP contribution >= 0.6 is 0 Å². The van der Waals surface area contributed by atoms with E-state index in [1.807, 2.05) is 36.4 Å². The van der Waals surface area contributed by atoms with Gasteiger partial charge in [-0.05, 0) is 17.2 Å². The van der Waals surface area contributed by atoms with Crippen LogP contribution in [0.2, 0.25) is 0 Å². The number of likely N-dealkylation sites (N-methyl/N-ethyl adjacent to an activating group) is 1. The summed E-state index contributed by atoms with van der Waals surface area (Å²) in [6.07, 6.45) is 3.33. The molecular weight excluding hydrogens is 270 g/mol. The van der Waals surface area contributed by atoms with Gasteiger partial charge in [0.1, 0.15) is 6.54 Å². The van der Waals surface area contributed by atoms with Gasteiger partial charge in [-0.3, -0.25) is 4.79 Å². The Bertz CT molecular complexity index is 675. The fourth-order valence-electron chi connectivity index (χ4n) is 3.03. The molecule has 1 aliphatic rings. The van der Waals surface area contributed by atoms with Crippen molar-refractivity contribution in [3.05, 3.63) is 77.9 Å². The summed E-state index contributed by atoms with van der Waals surface area (Å²) in [5.41, 5.74) is 3.53. The van der Waals surface area contributed by atoms with Crippen molar-refractivity contribution in [2.75, 3.05) is 26.7 Å². The predicted octanol–water partition coefficient (Wildman–Crippen LogP) is 3.80. The number of hydrogen-bond donors (Lipinski definition) is 0. The van der Waals surface area contributed by atoms with Gasteiger partial charge in [-0.1, -0.05) is 60.7 Å². The van der Waals surface area contributed by atoms with Crippen LogP contribution < -0.4 is 0 Å². The van der Waals surface area contributed by atoms with Crippen LogP contribution in [0.3, 0.4) is 0 Å². The first-order chi connectivity index (χ1) is 10.7. The largest absolute Gasteiger partial charge is 0.316 e. The van der Waals surface area contributed by atoms with Gasteiger partial charge in [0.25, 0.3) is 0 Å². The van der Waals surface area contributed by atoms with Crippen LogP contribution in [-0.2, 0) is 0 Å². The molecule has 0 saturated heterocycles.